The second-order valence-electron chi connectivity index (χ2n) is 7.13. The van der Waals surface area contributed by atoms with Crippen molar-refractivity contribution in [2.75, 3.05) is 13.1 Å². The predicted molar refractivity (Wildman–Crippen MR) is 87.4 cm³/mol. The van der Waals surface area contributed by atoms with Crippen LogP contribution in [0.3, 0.4) is 0 Å². The van der Waals surface area contributed by atoms with Crippen LogP contribution in [0.5, 0.6) is 5.75 Å². The molecule has 3 fully saturated rings. The highest BCUT2D eigenvalue weighted by atomic mass is 16.3. The Morgan fingerprint density at radius 3 is 2.77 bits per heavy atom. The van der Waals surface area contributed by atoms with Gasteiger partial charge >= 0.3 is 0 Å². The summed E-state index contributed by atoms with van der Waals surface area (Å²) in [6.45, 7) is 2.43. The molecule has 2 heterocycles. The van der Waals surface area contributed by atoms with Crippen molar-refractivity contribution >= 4 is 0 Å². The number of hydrazine groups is 1. The molecule has 0 amide bonds. The van der Waals surface area contributed by atoms with Gasteiger partial charge in [0.05, 0.1) is 6.17 Å². The molecule has 1 unspecified atom stereocenters. The maximum absolute atomic E-state index is 9.60. The zero-order valence-electron chi connectivity index (χ0n) is 13.2. The molecule has 2 atom stereocenters. The summed E-state index contributed by atoms with van der Waals surface area (Å²) >= 11 is 0. The third kappa shape index (κ3) is 2.87. The van der Waals surface area contributed by atoms with Crippen LogP contribution >= 0.6 is 0 Å². The highest BCUT2D eigenvalue weighted by Crippen LogP contribution is 2.33. The van der Waals surface area contributed by atoms with Gasteiger partial charge in [-0.3, -0.25) is 10.3 Å². The van der Waals surface area contributed by atoms with Gasteiger partial charge in [-0.05, 0) is 56.2 Å². The zero-order chi connectivity index (χ0) is 14.9. The first-order chi connectivity index (χ1) is 10.8. The third-order valence-electron chi connectivity index (χ3n) is 5.62. The molecule has 2 aliphatic heterocycles. The van der Waals surface area contributed by atoms with E-state index >= 15 is 0 Å². The molecule has 22 heavy (non-hydrogen) atoms. The van der Waals surface area contributed by atoms with Gasteiger partial charge in [0.15, 0.2) is 0 Å². The first-order valence-corrected chi connectivity index (χ1v) is 8.86. The SMILES string of the molecule is Oc1cccc(CC2CCN([C@@H]3CCCN3C3CCC3)N2)c1. The lowest BCUT2D eigenvalue weighted by Gasteiger charge is -2.41. The summed E-state index contributed by atoms with van der Waals surface area (Å²) in [5, 5.41) is 12.1. The van der Waals surface area contributed by atoms with Crippen molar-refractivity contribution in [3.05, 3.63) is 29.8 Å². The minimum absolute atomic E-state index is 0.374. The fraction of sp³-hybridized carbons (Fsp3) is 0.667. The Labute approximate surface area is 133 Å². The summed E-state index contributed by atoms with van der Waals surface area (Å²) in [7, 11) is 0. The number of nitrogens with zero attached hydrogens (tertiary/aromatic N) is 2. The van der Waals surface area contributed by atoms with Crippen LogP contribution in [0.2, 0.25) is 0 Å². The molecule has 2 saturated heterocycles. The van der Waals surface area contributed by atoms with Gasteiger partial charge in [0.25, 0.3) is 0 Å². The average Bonchev–Trinajstić information content (AvgIpc) is 3.06. The number of likely N-dealkylation sites (tertiary alicyclic amines) is 1. The lowest BCUT2D eigenvalue weighted by molar-refractivity contribution is 0.00274. The fourth-order valence-electron chi connectivity index (χ4n) is 4.26. The lowest BCUT2D eigenvalue weighted by atomic mass is 9.91. The molecule has 1 aromatic rings. The smallest absolute Gasteiger partial charge is 0.115 e. The maximum atomic E-state index is 9.60. The van der Waals surface area contributed by atoms with Gasteiger partial charge in [-0.25, -0.2) is 5.01 Å². The van der Waals surface area contributed by atoms with Gasteiger partial charge in [0, 0.05) is 25.2 Å². The van der Waals surface area contributed by atoms with E-state index in [4.69, 9.17) is 0 Å². The summed E-state index contributed by atoms with van der Waals surface area (Å²) in [4.78, 5) is 2.74. The van der Waals surface area contributed by atoms with Gasteiger partial charge in [-0.15, -0.1) is 0 Å². The number of rotatable bonds is 4. The summed E-state index contributed by atoms with van der Waals surface area (Å²) in [6, 6.07) is 9.03. The largest absolute Gasteiger partial charge is 0.508 e. The number of nitrogens with one attached hydrogen (secondary N) is 1. The van der Waals surface area contributed by atoms with Gasteiger partial charge in [-0.2, -0.15) is 0 Å². The second kappa shape index (κ2) is 6.19. The van der Waals surface area contributed by atoms with E-state index in [1.165, 1.54) is 50.6 Å². The monoisotopic (exact) mass is 301 g/mol. The number of aromatic hydroxyl groups is 1. The third-order valence-corrected chi connectivity index (χ3v) is 5.62. The Morgan fingerprint density at radius 1 is 1.09 bits per heavy atom. The van der Waals surface area contributed by atoms with Crippen LogP contribution in [0.25, 0.3) is 0 Å². The quantitative estimate of drug-likeness (QED) is 0.896. The van der Waals surface area contributed by atoms with Crippen LogP contribution in [-0.2, 0) is 6.42 Å². The molecule has 3 aliphatic rings. The Morgan fingerprint density at radius 2 is 2.00 bits per heavy atom. The number of phenolic OH excluding ortho intramolecular Hbond substituents is 1. The van der Waals surface area contributed by atoms with Crippen LogP contribution < -0.4 is 5.43 Å². The van der Waals surface area contributed by atoms with Crippen molar-refractivity contribution in [1.29, 1.82) is 0 Å². The molecule has 120 valence electrons. The van der Waals surface area contributed by atoms with Crippen LogP contribution in [0.1, 0.15) is 44.1 Å². The maximum Gasteiger partial charge on any atom is 0.115 e. The molecule has 0 aromatic heterocycles. The van der Waals surface area contributed by atoms with Gasteiger partial charge in [-0.1, -0.05) is 18.6 Å². The molecule has 0 spiro atoms. The number of phenols is 1. The molecule has 4 rings (SSSR count). The summed E-state index contributed by atoms with van der Waals surface area (Å²) in [6.07, 6.45) is 9.68. The molecule has 1 saturated carbocycles. The van der Waals surface area contributed by atoms with Crippen molar-refractivity contribution in [2.45, 2.75) is 63.2 Å². The van der Waals surface area contributed by atoms with E-state index in [1.807, 2.05) is 12.1 Å². The first kappa shape index (κ1) is 14.5. The molecule has 2 N–H and O–H groups in total. The molecule has 1 aromatic carbocycles. The molecule has 1 aliphatic carbocycles. The number of benzene rings is 1. The minimum Gasteiger partial charge on any atom is -0.508 e. The fourth-order valence-corrected chi connectivity index (χ4v) is 4.26. The molecule has 0 bridgehead atoms. The van der Waals surface area contributed by atoms with Crippen LogP contribution in [0, 0.1) is 0 Å². The van der Waals surface area contributed by atoms with Gasteiger partial charge in [0.1, 0.15) is 5.75 Å². The Kier molecular flexibility index (Phi) is 4.07. The summed E-state index contributed by atoms with van der Waals surface area (Å²) < 4.78 is 0. The van der Waals surface area contributed by atoms with E-state index in [-0.39, 0.29) is 0 Å². The van der Waals surface area contributed by atoms with Gasteiger partial charge in [0.2, 0.25) is 0 Å². The van der Waals surface area contributed by atoms with Crippen LogP contribution in [-0.4, -0.2) is 46.4 Å². The standard InChI is InChI=1S/C18H27N3O/c22-17-7-1-4-14(13-17)12-15-9-11-21(19-15)18-8-3-10-20(18)16-5-2-6-16/h1,4,7,13,15-16,18-19,22H,2-3,5-6,8-12H2/t15?,18-/m1/s1. The molecule has 0 radical (unpaired) electrons. The molecule has 4 heteroatoms. The van der Waals surface area contributed by atoms with Crippen molar-refractivity contribution in [1.82, 2.24) is 15.3 Å². The minimum atomic E-state index is 0.374. The highest BCUT2D eigenvalue weighted by Gasteiger charge is 2.39. The van der Waals surface area contributed by atoms with Gasteiger partial charge < -0.3 is 5.11 Å². The average molecular weight is 301 g/mol. The first-order valence-electron chi connectivity index (χ1n) is 8.86. The summed E-state index contributed by atoms with van der Waals surface area (Å²) in [5.41, 5.74) is 4.97. The second-order valence-corrected chi connectivity index (χ2v) is 7.13. The zero-order valence-corrected chi connectivity index (χ0v) is 13.2. The van der Waals surface area contributed by atoms with Crippen LogP contribution in [0.15, 0.2) is 24.3 Å². The molecular weight excluding hydrogens is 274 g/mol. The topological polar surface area (TPSA) is 38.7 Å². The van der Waals surface area contributed by atoms with Crippen LogP contribution in [0.4, 0.5) is 0 Å². The number of hydrogen-bond donors (Lipinski definition) is 2. The van der Waals surface area contributed by atoms with Crippen molar-refractivity contribution in [3.63, 3.8) is 0 Å². The van der Waals surface area contributed by atoms with Crippen molar-refractivity contribution < 1.29 is 5.11 Å². The van der Waals surface area contributed by atoms with E-state index in [0.29, 0.717) is 18.0 Å². The van der Waals surface area contributed by atoms with E-state index in [0.717, 1.165) is 19.0 Å². The van der Waals surface area contributed by atoms with Crippen molar-refractivity contribution in [3.8, 4) is 5.75 Å². The Balaban J connectivity index is 1.35. The lowest BCUT2D eigenvalue weighted by Crippen LogP contribution is -2.54. The number of hydrogen-bond acceptors (Lipinski definition) is 4. The van der Waals surface area contributed by atoms with Crippen molar-refractivity contribution in [2.24, 2.45) is 0 Å². The predicted octanol–water partition coefficient (Wildman–Crippen LogP) is 2.49. The van der Waals surface area contributed by atoms with E-state index in [9.17, 15) is 5.11 Å². The summed E-state index contributed by atoms with van der Waals surface area (Å²) in [5.74, 6) is 0.374. The van der Waals surface area contributed by atoms with E-state index < -0.39 is 0 Å². The van der Waals surface area contributed by atoms with E-state index in [1.54, 1.807) is 6.07 Å². The van der Waals surface area contributed by atoms with E-state index in [2.05, 4.69) is 21.4 Å². The molecule has 4 nitrogen and oxygen atoms in total. The Hall–Kier alpha value is -1.10. The molecular formula is C18H27N3O. The normalized spacial score (nSPS) is 30.7. The highest BCUT2D eigenvalue weighted by molar-refractivity contribution is 5.27. The Bertz CT molecular complexity index is 517.